The van der Waals surface area contributed by atoms with Gasteiger partial charge in [-0.2, -0.15) is 26.3 Å². The molecule has 0 saturated carbocycles. The minimum atomic E-state index is -4.44. The lowest BCUT2D eigenvalue weighted by molar-refractivity contribution is -0.138. The summed E-state index contributed by atoms with van der Waals surface area (Å²) in [6.45, 7) is 2.63. The van der Waals surface area contributed by atoms with Gasteiger partial charge in [-0.3, -0.25) is 9.78 Å². The number of aromatic nitrogens is 6. The first kappa shape index (κ1) is 52.8. The molecule has 4 saturated heterocycles. The highest BCUT2D eigenvalue weighted by molar-refractivity contribution is 5.94. The summed E-state index contributed by atoms with van der Waals surface area (Å²) in [5, 5.41) is 33.2. The number of amides is 1. The van der Waals surface area contributed by atoms with Crippen molar-refractivity contribution >= 4 is 47.6 Å². The van der Waals surface area contributed by atoms with Crippen LogP contribution in [0.15, 0.2) is 108 Å². The van der Waals surface area contributed by atoms with Gasteiger partial charge in [0.1, 0.15) is 22.9 Å². The summed E-state index contributed by atoms with van der Waals surface area (Å²) in [4.78, 5) is 58.7. The zero-order chi connectivity index (χ0) is 51.5. The molecule has 4 aliphatic rings. The number of anilines is 2. The topological polar surface area (TPSA) is 257 Å². The second kappa shape index (κ2) is 21.4. The summed E-state index contributed by atoms with van der Waals surface area (Å²) in [6.07, 6.45) is -4.50. The summed E-state index contributed by atoms with van der Waals surface area (Å²) in [6, 6.07) is 19.1. The summed E-state index contributed by atoms with van der Waals surface area (Å²) < 4.78 is 86.7. The zero-order valence-corrected chi connectivity index (χ0v) is 39.1. The number of piperazine rings is 2. The van der Waals surface area contributed by atoms with Crippen LogP contribution < -0.4 is 30.3 Å². The van der Waals surface area contributed by atoms with Gasteiger partial charge >= 0.3 is 18.3 Å². The molecule has 27 heteroatoms. The molecule has 1 amide bonds. The molecule has 4 fully saturated rings. The van der Waals surface area contributed by atoms with E-state index in [2.05, 4.69) is 50.9 Å². The van der Waals surface area contributed by atoms with E-state index in [9.17, 15) is 45.7 Å². The van der Waals surface area contributed by atoms with Gasteiger partial charge in [-0.15, -0.1) is 42.6 Å². The molecule has 4 aromatic heterocycles. The Hall–Kier alpha value is -7.97. The second-order valence-electron chi connectivity index (χ2n) is 16.8. The number of nitrogens with zero attached hydrogens (tertiary/aromatic N) is 11. The van der Waals surface area contributed by atoms with Gasteiger partial charge in [-0.05, 0) is 76.4 Å². The van der Waals surface area contributed by atoms with Crippen molar-refractivity contribution in [1.29, 1.82) is 0 Å². The summed E-state index contributed by atoms with van der Waals surface area (Å²) in [7, 11) is 2.75. The maximum atomic E-state index is 13.3. The highest BCUT2D eigenvalue weighted by Crippen LogP contribution is 2.41. The fraction of sp³-hybridized carbons (Fsp3) is 0.304. The van der Waals surface area contributed by atoms with Gasteiger partial charge in [0, 0.05) is 73.8 Å². The third kappa shape index (κ3) is 11.4. The Kier molecular flexibility index (Phi) is 15.5. The number of alkyl halides is 6. The zero-order valence-electron chi connectivity index (χ0n) is 38.3. The van der Waals surface area contributed by atoms with Crippen LogP contribution in [0.1, 0.15) is 44.9 Å². The van der Waals surface area contributed by atoms with E-state index in [1.165, 1.54) is 75.5 Å². The van der Waals surface area contributed by atoms with E-state index in [4.69, 9.17) is 20.3 Å². The number of carboxylic acids is 1. The molecule has 4 N–H and O–H groups in total. The molecule has 8 heterocycles. The average molecular weight is 1040 g/mol. The van der Waals surface area contributed by atoms with Gasteiger partial charge in [0.2, 0.25) is 11.6 Å². The number of aromatic carboxylic acids is 1. The molecule has 382 valence electrons. The number of rotatable bonds is 10. The molecule has 0 radical (unpaired) electrons. The number of ether oxygens (including phenoxy) is 2. The molecule has 4 atom stereocenters. The Balaban J connectivity index is 0.000000177. The highest BCUT2D eigenvalue weighted by atomic mass is 35.5. The van der Waals surface area contributed by atoms with Crippen molar-refractivity contribution in [2.24, 2.45) is 16.1 Å². The Morgan fingerprint density at radius 2 is 1.23 bits per heavy atom. The number of pyridine rings is 2. The Labute approximate surface area is 416 Å². The van der Waals surface area contributed by atoms with Crippen molar-refractivity contribution in [2.45, 2.75) is 49.0 Å². The van der Waals surface area contributed by atoms with E-state index in [1.807, 2.05) is 11.0 Å². The van der Waals surface area contributed by atoms with Gasteiger partial charge in [0.25, 0.3) is 5.91 Å². The molecule has 20 nitrogen and oxygen atoms in total. The molecule has 4 aliphatic heterocycles. The largest absolute Gasteiger partial charge is 0.496 e. The number of benzene rings is 2. The van der Waals surface area contributed by atoms with Crippen LogP contribution in [0.4, 0.5) is 49.6 Å². The predicted octanol–water partition coefficient (Wildman–Crippen LogP) is 7.67. The molecule has 4 bridgehead atoms. The highest BCUT2D eigenvalue weighted by Gasteiger charge is 2.55. The molecule has 0 unspecified atom stereocenters. The van der Waals surface area contributed by atoms with Crippen molar-refractivity contribution in [2.75, 3.05) is 50.2 Å². The second-order valence-corrected chi connectivity index (χ2v) is 16.8. The minimum Gasteiger partial charge on any atom is -0.496 e. The molecule has 2 aromatic carbocycles. The van der Waals surface area contributed by atoms with Gasteiger partial charge in [0.05, 0.1) is 37.9 Å². The number of hydrogen-bond acceptors (Lipinski definition) is 18. The van der Waals surface area contributed by atoms with E-state index < -0.39 is 35.1 Å². The van der Waals surface area contributed by atoms with Crippen LogP contribution in [0.25, 0.3) is 22.3 Å². The lowest BCUT2D eigenvalue weighted by atomic mass is 10.0. The summed E-state index contributed by atoms with van der Waals surface area (Å²) >= 11 is 0. The maximum absolute atomic E-state index is 13.3. The van der Waals surface area contributed by atoms with Gasteiger partial charge in [-0.1, -0.05) is 24.3 Å². The third-order valence-electron chi connectivity index (χ3n) is 12.4. The van der Waals surface area contributed by atoms with Gasteiger partial charge in [-0.25, -0.2) is 9.78 Å². The van der Waals surface area contributed by atoms with E-state index in [-0.39, 0.29) is 59.7 Å². The fourth-order valence-corrected chi connectivity index (χ4v) is 8.89. The van der Waals surface area contributed by atoms with Crippen molar-refractivity contribution < 1.29 is 50.5 Å². The fourth-order valence-electron chi connectivity index (χ4n) is 8.89. The summed E-state index contributed by atoms with van der Waals surface area (Å²) in [5.41, 5.74) is 5.93. The number of carboxylic acid groups (broad SMARTS) is 1. The number of fused-ring (bicyclic) bond motifs is 4. The number of nitroso groups, excluding NO2 is 2. The number of carbonyl (C=O) groups is 2. The maximum Gasteiger partial charge on any atom is 0.416 e. The Morgan fingerprint density at radius 3 is 1.63 bits per heavy atom. The summed E-state index contributed by atoms with van der Waals surface area (Å²) in [5.74, 6) is 0.412. The van der Waals surface area contributed by atoms with Gasteiger partial charge < -0.3 is 40.3 Å². The van der Waals surface area contributed by atoms with Crippen molar-refractivity contribution in [3.63, 3.8) is 0 Å². The van der Waals surface area contributed by atoms with Crippen LogP contribution in [-0.4, -0.2) is 116 Å². The average Bonchev–Trinajstić information content (AvgIpc) is 4.19. The lowest BCUT2D eigenvalue weighted by Gasteiger charge is -2.40. The number of carbonyl (C=O) groups excluding carboxylic acids is 1. The van der Waals surface area contributed by atoms with Crippen molar-refractivity contribution in [3.05, 3.63) is 130 Å². The van der Waals surface area contributed by atoms with Crippen LogP contribution in [0.2, 0.25) is 0 Å². The lowest BCUT2D eigenvalue weighted by Crippen LogP contribution is -2.60. The minimum absolute atomic E-state index is 0. The Morgan fingerprint density at radius 1 is 0.726 bits per heavy atom. The van der Waals surface area contributed by atoms with E-state index in [0.29, 0.717) is 58.9 Å². The first-order valence-corrected chi connectivity index (χ1v) is 21.7. The molecule has 0 spiro atoms. The molecule has 6 aromatic rings. The number of hydrogen-bond donors (Lipinski definition) is 3. The van der Waals surface area contributed by atoms with Crippen molar-refractivity contribution in [1.82, 2.24) is 40.6 Å². The van der Waals surface area contributed by atoms with Crippen LogP contribution in [0.5, 0.6) is 11.5 Å². The molecular weight excluding hydrogens is 996 g/mol. The number of halogens is 7. The first-order chi connectivity index (χ1) is 34.3. The standard InChI is InChI=1S/C23H20F3N7O3.C14H10F3NO3.C9H11N5O.ClH/c1-36-18-8-17(28-10-16(18)13-2-4-14(5-3-13)23(24,25)26)21(34)32-12-22(27)9-15(32)11-33(22)20-7-6-19(31-35)29-30-20;1-21-12-6-11(13(19)20)18-7-10(12)8-2-4-9(5-3-8)14(15,16)17;15-13-8-1-2-9(12-11-8)14-5-6-3-7(14)4-10-6;/h2-8,10,15H,9,11-12,27H2,1H3;2-7H,1H3,(H,19,20);1-2,6-7,10H,3-5H2;1H/t15-,22-;;6-,7-;/m0.0./s1. The number of nitrogens with two attached hydrogens (primary N) is 1. The van der Waals surface area contributed by atoms with Crippen LogP contribution in [-0.2, 0) is 12.4 Å². The SMILES string of the molecule is COc1cc(C(=O)N2C[C@]3(N)C[C@H]2CN3c2ccc(N=O)nn2)ncc1-c1ccc(C(F)(F)F)cc1.COc1cc(C(=O)O)ncc1-c1ccc(C(F)(F)F)cc1.Cl.O=Nc1ccc(N2C[C@@H]3C[C@H]2CN3)nn1. The quantitative estimate of drug-likeness (QED) is 0.0878. The molecule has 0 aliphatic carbocycles. The smallest absolute Gasteiger partial charge is 0.416 e. The first-order valence-electron chi connectivity index (χ1n) is 21.7. The Bertz CT molecular complexity index is 2960. The van der Waals surface area contributed by atoms with Crippen molar-refractivity contribution in [3.8, 4) is 33.8 Å². The molecule has 73 heavy (non-hydrogen) atoms. The number of methoxy groups -OCH3 is 2. The molecular formula is C46H42ClF6N13O7. The molecule has 10 rings (SSSR count). The normalized spacial score (nSPS) is 19.5. The number of nitrogens with one attached hydrogen (secondary N) is 1. The van der Waals surface area contributed by atoms with E-state index in [1.54, 1.807) is 17.0 Å². The number of likely N-dealkylation sites (tertiary alicyclic amines) is 1. The van der Waals surface area contributed by atoms with Crippen LogP contribution in [0.3, 0.4) is 0 Å². The third-order valence-corrected chi connectivity index (χ3v) is 12.4. The van der Waals surface area contributed by atoms with Crippen LogP contribution in [0, 0.1) is 9.81 Å². The van der Waals surface area contributed by atoms with Gasteiger partial charge in [0.15, 0.2) is 17.3 Å². The van der Waals surface area contributed by atoms with E-state index in [0.717, 1.165) is 43.2 Å². The monoisotopic (exact) mass is 1040 g/mol. The predicted molar refractivity (Wildman–Crippen MR) is 253 cm³/mol. The van der Waals surface area contributed by atoms with E-state index >= 15 is 0 Å². The van der Waals surface area contributed by atoms with Crippen LogP contribution >= 0.6 is 12.4 Å².